The Morgan fingerprint density at radius 1 is 1.27 bits per heavy atom. The smallest absolute Gasteiger partial charge is 0.358 e. The van der Waals surface area contributed by atoms with Crippen molar-refractivity contribution >= 4 is 23.5 Å². The van der Waals surface area contributed by atoms with Crippen LogP contribution in [0.2, 0.25) is 5.02 Å². The number of likely N-dealkylation sites (tertiary alicyclic amines) is 1. The number of aromatic nitrogens is 1. The Kier molecular flexibility index (Phi) is 3.81. The van der Waals surface area contributed by atoms with Gasteiger partial charge in [0, 0.05) is 29.7 Å². The molecule has 0 saturated carbocycles. The van der Waals surface area contributed by atoms with Crippen molar-refractivity contribution in [3.05, 3.63) is 64.4 Å². The molecule has 2 aromatic rings. The molecule has 1 amide bonds. The van der Waals surface area contributed by atoms with E-state index in [1.54, 1.807) is 29.3 Å². The zero-order chi connectivity index (χ0) is 18.5. The average Bonchev–Trinajstić information content (AvgIpc) is 3.17. The van der Waals surface area contributed by atoms with Crippen LogP contribution in [0, 0.1) is 0 Å². The number of halogens is 1. The lowest BCUT2D eigenvalue weighted by Crippen LogP contribution is -2.44. The molecule has 1 fully saturated rings. The van der Waals surface area contributed by atoms with Crippen LogP contribution in [0.1, 0.15) is 41.9 Å². The molecule has 0 aliphatic carbocycles. The van der Waals surface area contributed by atoms with Gasteiger partial charge in [0.2, 0.25) is 5.91 Å². The van der Waals surface area contributed by atoms with E-state index in [4.69, 9.17) is 16.3 Å². The molecule has 1 aromatic carbocycles. The summed E-state index contributed by atoms with van der Waals surface area (Å²) in [5, 5.41) is 0.638. The van der Waals surface area contributed by atoms with Crippen molar-refractivity contribution in [1.82, 2.24) is 9.88 Å². The predicted octanol–water partition coefficient (Wildman–Crippen LogP) is 3.31. The van der Waals surface area contributed by atoms with Gasteiger partial charge in [0.1, 0.15) is 0 Å². The number of benzene rings is 1. The SMILES string of the molecule is CC(C)(C(=O)N1CC[C@@]2(C1)OC(=O)c1ncccc12)c1ccc(Cl)cc1. The molecule has 0 bridgehead atoms. The Labute approximate surface area is 156 Å². The summed E-state index contributed by atoms with van der Waals surface area (Å²) in [6.07, 6.45) is 2.17. The van der Waals surface area contributed by atoms with E-state index >= 15 is 0 Å². The number of carbonyl (C=O) groups excluding carboxylic acids is 2. The zero-order valence-electron chi connectivity index (χ0n) is 14.7. The minimum Gasteiger partial charge on any atom is -0.447 e. The molecular weight excluding hydrogens is 352 g/mol. The first-order valence-electron chi connectivity index (χ1n) is 8.58. The van der Waals surface area contributed by atoms with Gasteiger partial charge in [-0.05, 0) is 37.6 Å². The van der Waals surface area contributed by atoms with Crippen molar-refractivity contribution in [3.63, 3.8) is 0 Å². The first kappa shape index (κ1) is 17.0. The van der Waals surface area contributed by atoms with Gasteiger partial charge < -0.3 is 9.64 Å². The van der Waals surface area contributed by atoms with Crippen LogP contribution in [0.4, 0.5) is 0 Å². The van der Waals surface area contributed by atoms with Crippen LogP contribution in [-0.2, 0) is 20.5 Å². The third-order valence-electron chi connectivity index (χ3n) is 5.40. The highest BCUT2D eigenvalue weighted by Crippen LogP contribution is 2.43. The lowest BCUT2D eigenvalue weighted by molar-refractivity contribution is -0.136. The number of carbonyl (C=O) groups is 2. The second kappa shape index (κ2) is 5.81. The fraction of sp³-hybridized carbons (Fsp3) is 0.350. The lowest BCUT2D eigenvalue weighted by atomic mass is 9.83. The van der Waals surface area contributed by atoms with Crippen LogP contribution in [-0.4, -0.2) is 34.8 Å². The number of hydrogen-bond acceptors (Lipinski definition) is 4. The molecule has 5 nitrogen and oxygen atoms in total. The monoisotopic (exact) mass is 370 g/mol. The summed E-state index contributed by atoms with van der Waals surface area (Å²) in [7, 11) is 0. The highest BCUT2D eigenvalue weighted by Gasteiger charge is 2.53. The van der Waals surface area contributed by atoms with E-state index in [1.165, 1.54) is 0 Å². The molecule has 0 unspecified atom stereocenters. The fourth-order valence-electron chi connectivity index (χ4n) is 3.86. The first-order chi connectivity index (χ1) is 12.3. The molecule has 1 saturated heterocycles. The number of rotatable bonds is 2. The van der Waals surface area contributed by atoms with Gasteiger partial charge in [-0.1, -0.05) is 29.8 Å². The molecule has 2 aliphatic rings. The van der Waals surface area contributed by atoms with Crippen LogP contribution in [0.3, 0.4) is 0 Å². The number of pyridine rings is 1. The number of esters is 1. The average molecular weight is 371 g/mol. The summed E-state index contributed by atoms with van der Waals surface area (Å²) in [5.41, 5.74) is 0.574. The Morgan fingerprint density at radius 2 is 2.00 bits per heavy atom. The summed E-state index contributed by atoms with van der Waals surface area (Å²) in [6, 6.07) is 11.0. The minimum atomic E-state index is -0.771. The van der Waals surface area contributed by atoms with Crippen LogP contribution in [0.25, 0.3) is 0 Å². The molecule has 0 N–H and O–H groups in total. The van der Waals surface area contributed by atoms with Gasteiger partial charge in [0.05, 0.1) is 12.0 Å². The third kappa shape index (κ3) is 2.50. The van der Waals surface area contributed by atoms with Gasteiger partial charge >= 0.3 is 5.97 Å². The second-order valence-corrected chi connectivity index (χ2v) is 7.83. The molecule has 1 aromatic heterocycles. The predicted molar refractivity (Wildman–Crippen MR) is 97.0 cm³/mol. The van der Waals surface area contributed by atoms with Crippen molar-refractivity contribution in [3.8, 4) is 0 Å². The van der Waals surface area contributed by atoms with Crippen molar-refractivity contribution in [2.45, 2.75) is 31.3 Å². The van der Waals surface area contributed by atoms with Gasteiger partial charge in [-0.3, -0.25) is 4.79 Å². The largest absolute Gasteiger partial charge is 0.447 e. The summed E-state index contributed by atoms with van der Waals surface area (Å²) < 4.78 is 5.68. The van der Waals surface area contributed by atoms with Crippen LogP contribution >= 0.6 is 11.6 Å². The molecule has 0 radical (unpaired) electrons. The van der Waals surface area contributed by atoms with Crippen molar-refractivity contribution in [1.29, 1.82) is 0 Å². The topological polar surface area (TPSA) is 59.5 Å². The first-order valence-corrected chi connectivity index (χ1v) is 8.96. The van der Waals surface area contributed by atoms with E-state index in [0.717, 1.165) is 11.1 Å². The Bertz CT molecular complexity index is 894. The molecule has 3 heterocycles. The zero-order valence-corrected chi connectivity index (χ0v) is 15.4. The Balaban J connectivity index is 1.60. The molecule has 2 aliphatic heterocycles. The number of amides is 1. The minimum absolute atomic E-state index is 0.00471. The molecule has 4 rings (SSSR count). The van der Waals surface area contributed by atoms with Crippen LogP contribution in [0.15, 0.2) is 42.6 Å². The van der Waals surface area contributed by atoms with E-state index in [1.807, 2.05) is 32.0 Å². The maximum absolute atomic E-state index is 13.2. The van der Waals surface area contributed by atoms with E-state index in [2.05, 4.69) is 4.98 Å². The summed E-state index contributed by atoms with van der Waals surface area (Å²) in [4.78, 5) is 31.3. The van der Waals surface area contributed by atoms with E-state index in [9.17, 15) is 9.59 Å². The van der Waals surface area contributed by atoms with Gasteiger partial charge in [0.15, 0.2) is 11.3 Å². The fourth-order valence-corrected chi connectivity index (χ4v) is 3.99. The normalized spacial score (nSPS) is 21.8. The number of ether oxygens (including phenoxy) is 1. The van der Waals surface area contributed by atoms with Crippen molar-refractivity contribution in [2.75, 3.05) is 13.1 Å². The summed E-state index contributed by atoms with van der Waals surface area (Å²) in [6.45, 7) is 4.70. The Morgan fingerprint density at radius 3 is 2.73 bits per heavy atom. The van der Waals surface area contributed by atoms with Gasteiger partial charge in [0.25, 0.3) is 0 Å². The van der Waals surface area contributed by atoms with E-state index in [0.29, 0.717) is 30.2 Å². The van der Waals surface area contributed by atoms with Gasteiger partial charge in [-0.2, -0.15) is 0 Å². The van der Waals surface area contributed by atoms with Crippen molar-refractivity contribution < 1.29 is 14.3 Å². The lowest BCUT2D eigenvalue weighted by Gasteiger charge is -2.31. The van der Waals surface area contributed by atoms with Gasteiger partial charge in [-0.15, -0.1) is 0 Å². The van der Waals surface area contributed by atoms with Gasteiger partial charge in [-0.25, -0.2) is 9.78 Å². The second-order valence-electron chi connectivity index (χ2n) is 7.39. The maximum atomic E-state index is 13.2. The van der Waals surface area contributed by atoms with Crippen molar-refractivity contribution in [2.24, 2.45) is 0 Å². The standard InChI is InChI=1S/C20H19ClN2O3/c1-19(2,13-5-7-14(21)8-6-13)18(25)23-11-9-20(12-23)15-4-3-10-22-16(15)17(24)26-20/h3-8,10H,9,11-12H2,1-2H3/t20-/m0/s1. The highest BCUT2D eigenvalue weighted by atomic mass is 35.5. The quantitative estimate of drug-likeness (QED) is 0.761. The summed E-state index contributed by atoms with van der Waals surface area (Å²) >= 11 is 5.96. The number of hydrogen-bond donors (Lipinski definition) is 0. The highest BCUT2D eigenvalue weighted by molar-refractivity contribution is 6.30. The third-order valence-corrected chi connectivity index (χ3v) is 5.65. The van der Waals surface area contributed by atoms with Crippen LogP contribution < -0.4 is 0 Å². The molecule has 134 valence electrons. The number of nitrogens with zero attached hydrogens (tertiary/aromatic N) is 2. The van der Waals surface area contributed by atoms with E-state index in [-0.39, 0.29) is 5.91 Å². The molecular formula is C20H19ClN2O3. The molecule has 1 atom stereocenters. The van der Waals surface area contributed by atoms with E-state index < -0.39 is 17.0 Å². The Hall–Kier alpha value is -2.40. The number of fused-ring (bicyclic) bond motifs is 2. The molecule has 26 heavy (non-hydrogen) atoms. The molecule has 6 heteroatoms. The maximum Gasteiger partial charge on any atom is 0.358 e. The summed E-state index contributed by atoms with van der Waals surface area (Å²) in [5.74, 6) is -0.406. The molecule has 1 spiro atoms. The van der Waals surface area contributed by atoms with Crippen LogP contribution in [0.5, 0.6) is 0 Å².